The molecule has 5 nitrogen and oxygen atoms in total. The van der Waals surface area contributed by atoms with Crippen LogP contribution in [0.5, 0.6) is 0 Å². The third-order valence-corrected chi connectivity index (χ3v) is 3.71. The molecule has 0 saturated carbocycles. The van der Waals surface area contributed by atoms with Crippen molar-refractivity contribution in [1.29, 1.82) is 0 Å². The summed E-state index contributed by atoms with van der Waals surface area (Å²) in [6.07, 6.45) is 5.93. The first-order valence-corrected chi connectivity index (χ1v) is 7.85. The molecule has 1 aromatic heterocycles. The van der Waals surface area contributed by atoms with E-state index in [9.17, 15) is 10.1 Å². The highest BCUT2D eigenvalue weighted by Gasteiger charge is 2.17. The average Bonchev–Trinajstić information content (AvgIpc) is 2.50. The first-order valence-electron chi connectivity index (χ1n) is 7.85. The number of hydrogen-bond acceptors (Lipinski definition) is 4. The van der Waals surface area contributed by atoms with Crippen molar-refractivity contribution >= 4 is 22.3 Å². The van der Waals surface area contributed by atoms with Crippen LogP contribution >= 0.6 is 0 Å². The third-order valence-electron chi connectivity index (χ3n) is 3.71. The topological polar surface area (TPSA) is 68.1 Å². The molecule has 0 atom stereocenters. The highest BCUT2D eigenvalue weighted by molar-refractivity contribution is 5.95. The number of para-hydroxylation sites is 1. The molecule has 22 heavy (non-hydrogen) atoms. The number of benzene rings is 1. The van der Waals surface area contributed by atoms with Crippen LogP contribution in [0, 0.1) is 16.0 Å². The van der Waals surface area contributed by atoms with E-state index in [0.717, 1.165) is 36.2 Å². The minimum Gasteiger partial charge on any atom is -0.379 e. The Morgan fingerprint density at radius 2 is 2.00 bits per heavy atom. The van der Waals surface area contributed by atoms with E-state index in [1.807, 2.05) is 24.3 Å². The lowest BCUT2D eigenvalue weighted by molar-refractivity contribution is -0.384. The second kappa shape index (κ2) is 7.73. The maximum Gasteiger partial charge on any atom is 0.311 e. The van der Waals surface area contributed by atoms with E-state index in [1.54, 1.807) is 0 Å². The first kappa shape index (κ1) is 16.2. The van der Waals surface area contributed by atoms with Gasteiger partial charge in [-0.25, -0.2) is 4.98 Å². The van der Waals surface area contributed by atoms with E-state index in [1.165, 1.54) is 19.0 Å². The minimum atomic E-state index is -0.374. The minimum absolute atomic E-state index is 0.0425. The van der Waals surface area contributed by atoms with Crippen LogP contribution in [0.2, 0.25) is 0 Å². The summed E-state index contributed by atoms with van der Waals surface area (Å²) in [5.74, 6) is 0.734. The van der Waals surface area contributed by atoms with Crippen LogP contribution in [0.15, 0.2) is 30.5 Å². The smallest absolute Gasteiger partial charge is 0.311 e. The Morgan fingerprint density at radius 1 is 1.23 bits per heavy atom. The van der Waals surface area contributed by atoms with Crippen molar-refractivity contribution in [2.24, 2.45) is 5.92 Å². The van der Waals surface area contributed by atoms with Crippen LogP contribution in [0.3, 0.4) is 0 Å². The van der Waals surface area contributed by atoms with Crippen LogP contribution in [0.4, 0.5) is 11.4 Å². The fraction of sp³-hybridized carbons (Fsp3) is 0.471. The summed E-state index contributed by atoms with van der Waals surface area (Å²) >= 11 is 0. The summed E-state index contributed by atoms with van der Waals surface area (Å²) in [5, 5.41) is 15.2. The highest BCUT2D eigenvalue weighted by Crippen LogP contribution is 2.31. The molecule has 0 amide bonds. The third kappa shape index (κ3) is 4.16. The van der Waals surface area contributed by atoms with Crippen LogP contribution in [-0.2, 0) is 0 Å². The van der Waals surface area contributed by atoms with Crippen LogP contribution in [0.1, 0.15) is 39.5 Å². The number of nitrogens with zero attached hydrogens (tertiary/aromatic N) is 2. The molecule has 5 heteroatoms. The largest absolute Gasteiger partial charge is 0.379 e. The van der Waals surface area contributed by atoms with Crippen molar-refractivity contribution in [3.05, 3.63) is 40.6 Å². The highest BCUT2D eigenvalue weighted by atomic mass is 16.6. The Labute approximate surface area is 130 Å². The molecule has 2 rings (SSSR count). The van der Waals surface area contributed by atoms with Crippen molar-refractivity contribution in [3.8, 4) is 0 Å². The fourth-order valence-corrected chi connectivity index (χ4v) is 2.52. The van der Waals surface area contributed by atoms with Gasteiger partial charge in [0.2, 0.25) is 0 Å². The summed E-state index contributed by atoms with van der Waals surface area (Å²) < 4.78 is 0. The van der Waals surface area contributed by atoms with Gasteiger partial charge in [0.25, 0.3) is 0 Å². The summed E-state index contributed by atoms with van der Waals surface area (Å²) in [6, 6.07) is 7.50. The number of nitrogens with one attached hydrogen (secondary N) is 1. The number of hydrogen-bond donors (Lipinski definition) is 1. The van der Waals surface area contributed by atoms with Gasteiger partial charge in [-0.3, -0.25) is 10.1 Å². The van der Waals surface area contributed by atoms with Crippen molar-refractivity contribution in [3.63, 3.8) is 0 Å². The van der Waals surface area contributed by atoms with Crippen molar-refractivity contribution in [2.75, 3.05) is 11.9 Å². The molecule has 0 aliphatic carbocycles. The summed E-state index contributed by atoms with van der Waals surface area (Å²) in [7, 11) is 0. The Balaban J connectivity index is 2.05. The lowest BCUT2D eigenvalue weighted by Gasteiger charge is -2.10. The van der Waals surface area contributed by atoms with Crippen LogP contribution in [0.25, 0.3) is 10.9 Å². The normalized spacial score (nSPS) is 11.0. The van der Waals surface area contributed by atoms with E-state index in [-0.39, 0.29) is 10.6 Å². The molecule has 0 spiro atoms. The van der Waals surface area contributed by atoms with Crippen molar-refractivity contribution in [1.82, 2.24) is 4.98 Å². The monoisotopic (exact) mass is 301 g/mol. The molecule has 0 fully saturated rings. The number of rotatable bonds is 8. The van der Waals surface area contributed by atoms with Gasteiger partial charge < -0.3 is 5.32 Å². The molecular weight excluding hydrogens is 278 g/mol. The van der Waals surface area contributed by atoms with Crippen LogP contribution < -0.4 is 5.32 Å². The van der Waals surface area contributed by atoms with E-state index >= 15 is 0 Å². The number of anilines is 1. The van der Waals surface area contributed by atoms with Gasteiger partial charge in [0, 0.05) is 11.9 Å². The van der Waals surface area contributed by atoms with Gasteiger partial charge >= 0.3 is 5.69 Å². The van der Waals surface area contributed by atoms with Crippen LogP contribution in [-0.4, -0.2) is 16.5 Å². The number of pyridine rings is 1. The zero-order chi connectivity index (χ0) is 15.9. The average molecular weight is 301 g/mol. The molecule has 0 aliphatic heterocycles. The van der Waals surface area contributed by atoms with Gasteiger partial charge in [-0.2, -0.15) is 0 Å². The Kier molecular flexibility index (Phi) is 5.69. The van der Waals surface area contributed by atoms with Gasteiger partial charge in [-0.15, -0.1) is 0 Å². The molecule has 0 bridgehead atoms. The molecular formula is C17H23N3O2. The van der Waals surface area contributed by atoms with E-state index in [2.05, 4.69) is 24.1 Å². The number of fused-ring (bicyclic) bond motifs is 1. The Morgan fingerprint density at radius 3 is 2.73 bits per heavy atom. The molecule has 1 aromatic carbocycles. The number of unbranched alkanes of at least 4 members (excludes halogenated alkanes) is 2. The van der Waals surface area contributed by atoms with Crippen molar-refractivity contribution < 1.29 is 4.92 Å². The Hall–Kier alpha value is -2.17. The quantitative estimate of drug-likeness (QED) is 0.433. The van der Waals surface area contributed by atoms with Gasteiger partial charge in [0.15, 0.2) is 0 Å². The first-order chi connectivity index (χ1) is 10.6. The summed E-state index contributed by atoms with van der Waals surface area (Å²) in [5.41, 5.74) is 1.40. The SMILES string of the molecule is CC(C)CCCCCNc1c([N+](=O)[O-])cnc2ccccc12. The molecule has 118 valence electrons. The molecule has 1 heterocycles. The molecule has 0 unspecified atom stereocenters. The van der Waals surface area contributed by atoms with E-state index in [0.29, 0.717) is 5.69 Å². The second-order valence-corrected chi connectivity index (χ2v) is 5.96. The lowest BCUT2D eigenvalue weighted by Crippen LogP contribution is -2.06. The van der Waals surface area contributed by atoms with Gasteiger partial charge in [0.1, 0.15) is 11.9 Å². The van der Waals surface area contributed by atoms with E-state index < -0.39 is 0 Å². The van der Waals surface area contributed by atoms with Gasteiger partial charge in [0.05, 0.1) is 10.4 Å². The molecule has 0 radical (unpaired) electrons. The number of aromatic nitrogens is 1. The molecule has 2 aromatic rings. The molecule has 1 N–H and O–H groups in total. The van der Waals surface area contributed by atoms with Gasteiger partial charge in [-0.1, -0.05) is 51.3 Å². The zero-order valence-corrected chi connectivity index (χ0v) is 13.2. The standard InChI is InChI=1S/C17H23N3O2/c1-13(2)8-4-3-7-11-18-17-14-9-5-6-10-15(14)19-12-16(17)20(21)22/h5-6,9-10,12-13H,3-4,7-8,11H2,1-2H3,(H,18,19). The Bertz CT molecular complexity index is 641. The van der Waals surface area contributed by atoms with Gasteiger partial charge in [-0.05, 0) is 18.4 Å². The summed E-state index contributed by atoms with van der Waals surface area (Å²) in [4.78, 5) is 15.0. The number of nitro groups is 1. The summed E-state index contributed by atoms with van der Waals surface area (Å²) in [6.45, 7) is 5.20. The van der Waals surface area contributed by atoms with E-state index in [4.69, 9.17) is 0 Å². The predicted molar refractivity (Wildman–Crippen MR) is 90.2 cm³/mol. The predicted octanol–water partition coefficient (Wildman–Crippen LogP) is 4.77. The molecule has 0 saturated heterocycles. The zero-order valence-electron chi connectivity index (χ0n) is 13.2. The maximum atomic E-state index is 11.2. The molecule has 0 aliphatic rings. The maximum absolute atomic E-state index is 11.2. The lowest BCUT2D eigenvalue weighted by atomic mass is 10.1. The second-order valence-electron chi connectivity index (χ2n) is 5.96. The fourth-order valence-electron chi connectivity index (χ4n) is 2.52. The van der Waals surface area contributed by atoms with Crippen molar-refractivity contribution in [2.45, 2.75) is 39.5 Å².